The molecule has 2 N–H and O–H groups in total. The Labute approximate surface area is 225 Å². The number of tetrazole rings is 1. The van der Waals surface area contributed by atoms with E-state index in [1.165, 1.54) is 6.33 Å². The topological polar surface area (TPSA) is 110 Å². The van der Waals surface area contributed by atoms with Crippen molar-refractivity contribution in [2.45, 2.75) is 18.4 Å². The Hall–Kier alpha value is -4.21. The van der Waals surface area contributed by atoms with E-state index in [0.717, 1.165) is 45.4 Å². The number of rotatable bonds is 4. The molecule has 11 heteroatoms. The highest BCUT2D eigenvalue weighted by atomic mass is 35.5. The molecule has 38 heavy (non-hydrogen) atoms. The van der Waals surface area contributed by atoms with Gasteiger partial charge in [-0.15, -0.1) is 5.10 Å². The number of hydrogen-bond acceptors (Lipinski definition) is 5. The zero-order valence-electron chi connectivity index (χ0n) is 19.6. The van der Waals surface area contributed by atoms with E-state index in [0.29, 0.717) is 27.6 Å². The van der Waals surface area contributed by atoms with Crippen molar-refractivity contribution in [2.75, 3.05) is 0 Å². The minimum Gasteiger partial charge on any atom is -0.361 e. The standard InChI is InChI=1S/C27H18Cl2N8O/c28-16-2-4-21(36-12-31-34-35-36)17(10-16)15-8-22-18-11-19(18)25(37(22)23(38)9-15)27-32-24(26(29)33-27)14-1-3-20-13(7-14)5-6-30-20/h1-10,12,18-19,25,30H,11H2,(H,32,33). The summed E-state index contributed by atoms with van der Waals surface area (Å²) in [6, 6.07) is 17.1. The van der Waals surface area contributed by atoms with Gasteiger partial charge in [-0.2, -0.15) is 4.68 Å². The van der Waals surface area contributed by atoms with E-state index >= 15 is 0 Å². The van der Waals surface area contributed by atoms with Crippen molar-refractivity contribution in [3.05, 3.63) is 99.2 Å². The molecule has 8 rings (SSSR count). The largest absolute Gasteiger partial charge is 0.361 e. The summed E-state index contributed by atoms with van der Waals surface area (Å²) >= 11 is 13.0. The van der Waals surface area contributed by atoms with E-state index in [1.54, 1.807) is 16.8 Å². The lowest BCUT2D eigenvalue weighted by Crippen LogP contribution is -2.26. The lowest BCUT2D eigenvalue weighted by Gasteiger charge is -2.17. The third-order valence-electron chi connectivity index (χ3n) is 7.65. The Morgan fingerprint density at radius 1 is 1.00 bits per heavy atom. The van der Waals surface area contributed by atoms with Gasteiger partial charge < -0.3 is 14.5 Å². The molecule has 1 aliphatic carbocycles. The number of benzene rings is 2. The van der Waals surface area contributed by atoms with Crippen molar-refractivity contribution in [3.8, 4) is 28.1 Å². The fourth-order valence-corrected chi connectivity index (χ4v) is 6.29. The first-order chi connectivity index (χ1) is 18.5. The normalized spacial score (nSPS) is 19.6. The number of pyridine rings is 1. The molecular formula is C27H18Cl2N8O. The summed E-state index contributed by atoms with van der Waals surface area (Å²) < 4.78 is 3.42. The number of H-pyrrole nitrogens is 2. The lowest BCUT2D eigenvalue weighted by molar-refractivity contribution is 0.515. The molecule has 0 radical (unpaired) electrons. The van der Waals surface area contributed by atoms with Crippen LogP contribution < -0.4 is 5.56 Å². The molecule has 3 unspecified atom stereocenters. The second-order valence-electron chi connectivity index (χ2n) is 9.81. The van der Waals surface area contributed by atoms with E-state index in [2.05, 4.69) is 37.6 Å². The molecule has 2 aliphatic rings. The molecule has 6 aromatic rings. The zero-order valence-corrected chi connectivity index (χ0v) is 21.1. The number of aromatic nitrogens is 8. The van der Waals surface area contributed by atoms with Crippen LogP contribution >= 0.6 is 23.2 Å². The molecule has 2 aromatic carbocycles. The van der Waals surface area contributed by atoms with E-state index < -0.39 is 0 Å². The summed E-state index contributed by atoms with van der Waals surface area (Å²) in [5.41, 5.74) is 5.86. The number of aromatic amines is 2. The third kappa shape index (κ3) is 3.22. The van der Waals surface area contributed by atoms with Crippen LogP contribution in [0, 0.1) is 5.92 Å². The monoisotopic (exact) mass is 540 g/mol. The van der Waals surface area contributed by atoms with Gasteiger partial charge >= 0.3 is 0 Å². The highest BCUT2D eigenvalue weighted by Crippen LogP contribution is 2.60. The maximum atomic E-state index is 13.6. The van der Waals surface area contributed by atoms with Gasteiger partial charge in [-0.05, 0) is 70.8 Å². The highest BCUT2D eigenvalue weighted by Gasteiger charge is 2.54. The number of imidazole rings is 1. The van der Waals surface area contributed by atoms with Gasteiger partial charge in [-0.1, -0.05) is 29.3 Å². The molecule has 5 heterocycles. The summed E-state index contributed by atoms with van der Waals surface area (Å²) in [6.07, 6.45) is 4.42. The van der Waals surface area contributed by atoms with Crippen LogP contribution in [0.25, 0.3) is 39.0 Å². The number of nitrogens with one attached hydrogen (secondary N) is 2. The van der Waals surface area contributed by atoms with E-state index in [1.807, 2.05) is 41.1 Å². The molecule has 9 nitrogen and oxygen atoms in total. The Bertz CT molecular complexity index is 1940. The smallest absolute Gasteiger partial charge is 0.252 e. The maximum Gasteiger partial charge on any atom is 0.252 e. The first-order valence-electron chi connectivity index (χ1n) is 12.2. The van der Waals surface area contributed by atoms with Gasteiger partial charge in [0.1, 0.15) is 23.0 Å². The van der Waals surface area contributed by atoms with Crippen molar-refractivity contribution < 1.29 is 0 Å². The molecule has 0 bridgehead atoms. The average Bonchev–Trinajstić information content (AvgIpc) is 3.35. The lowest BCUT2D eigenvalue weighted by atomic mass is 10.0. The van der Waals surface area contributed by atoms with Crippen molar-refractivity contribution in [1.82, 2.24) is 39.7 Å². The Kier molecular flexibility index (Phi) is 4.54. The average molecular weight is 541 g/mol. The summed E-state index contributed by atoms with van der Waals surface area (Å²) in [7, 11) is 0. The van der Waals surface area contributed by atoms with Crippen LogP contribution in [0.4, 0.5) is 0 Å². The molecule has 4 aromatic heterocycles. The molecule has 1 saturated carbocycles. The number of hydrogen-bond donors (Lipinski definition) is 2. The van der Waals surface area contributed by atoms with Gasteiger partial charge in [0.25, 0.3) is 5.56 Å². The van der Waals surface area contributed by atoms with E-state index in [4.69, 9.17) is 28.2 Å². The maximum absolute atomic E-state index is 13.6. The molecule has 3 atom stereocenters. The molecule has 0 spiro atoms. The molecule has 186 valence electrons. The number of halogens is 2. The van der Waals surface area contributed by atoms with Crippen LogP contribution in [0.5, 0.6) is 0 Å². The first-order valence-corrected chi connectivity index (χ1v) is 12.9. The van der Waals surface area contributed by atoms with Crippen molar-refractivity contribution in [3.63, 3.8) is 0 Å². The van der Waals surface area contributed by atoms with Crippen LogP contribution in [-0.4, -0.2) is 39.7 Å². The first kappa shape index (κ1) is 21.8. The predicted molar refractivity (Wildman–Crippen MR) is 144 cm³/mol. The fraction of sp³-hybridized carbons (Fsp3) is 0.148. The SMILES string of the molecule is O=c1cc(-c2cc(Cl)ccc2-n2cnnn2)cc2n1C(c1nc(-c3ccc4[nH]ccc4c3)c(Cl)[nH]1)C1CC21. The number of nitrogens with zero attached hydrogens (tertiary/aromatic N) is 6. The summed E-state index contributed by atoms with van der Waals surface area (Å²) in [6.45, 7) is 0. The van der Waals surface area contributed by atoms with Crippen LogP contribution in [0.1, 0.15) is 29.9 Å². The summed E-state index contributed by atoms with van der Waals surface area (Å²) in [5.74, 6) is 1.28. The van der Waals surface area contributed by atoms with Crippen molar-refractivity contribution >= 4 is 34.1 Å². The minimum atomic E-state index is -0.197. The summed E-state index contributed by atoms with van der Waals surface area (Å²) in [4.78, 5) is 25.0. The van der Waals surface area contributed by atoms with Crippen LogP contribution in [-0.2, 0) is 0 Å². The quantitative estimate of drug-likeness (QED) is 0.312. The van der Waals surface area contributed by atoms with E-state index in [9.17, 15) is 4.79 Å². The van der Waals surface area contributed by atoms with Gasteiger partial charge in [0.2, 0.25) is 0 Å². The number of fused-ring (bicyclic) bond motifs is 4. The van der Waals surface area contributed by atoms with Gasteiger partial charge in [0, 0.05) is 50.9 Å². The summed E-state index contributed by atoms with van der Waals surface area (Å²) in [5, 5.41) is 13.6. The molecular weight excluding hydrogens is 523 g/mol. The molecule has 1 fully saturated rings. The zero-order chi connectivity index (χ0) is 25.5. The molecule has 0 saturated heterocycles. The third-order valence-corrected chi connectivity index (χ3v) is 8.16. The molecule has 1 aliphatic heterocycles. The minimum absolute atomic E-state index is 0.0971. The Morgan fingerprint density at radius 2 is 1.92 bits per heavy atom. The molecule has 0 amide bonds. The highest BCUT2D eigenvalue weighted by molar-refractivity contribution is 6.32. The fourth-order valence-electron chi connectivity index (χ4n) is 5.87. The Morgan fingerprint density at radius 3 is 2.79 bits per heavy atom. The van der Waals surface area contributed by atoms with Crippen LogP contribution in [0.15, 0.2) is 71.9 Å². The van der Waals surface area contributed by atoms with Crippen LogP contribution in [0.2, 0.25) is 10.2 Å². The van der Waals surface area contributed by atoms with Gasteiger partial charge in [0.05, 0.1) is 11.7 Å². The van der Waals surface area contributed by atoms with E-state index in [-0.39, 0.29) is 17.5 Å². The van der Waals surface area contributed by atoms with Crippen molar-refractivity contribution in [1.29, 1.82) is 0 Å². The van der Waals surface area contributed by atoms with Gasteiger partial charge in [-0.3, -0.25) is 4.79 Å². The predicted octanol–water partition coefficient (Wildman–Crippen LogP) is 5.38. The second-order valence-corrected chi connectivity index (χ2v) is 10.6. The Balaban J connectivity index is 1.22. The van der Waals surface area contributed by atoms with Crippen LogP contribution in [0.3, 0.4) is 0 Å². The van der Waals surface area contributed by atoms with Gasteiger partial charge in [-0.25, -0.2) is 4.98 Å². The van der Waals surface area contributed by atoms with Gasteiger partial charge in [0.15, 0.2) is 0 Å². The second kappa shape index (κ2) is 7.89. The van der Waals surface area contributed by atoms with Crippen molar-refractivity contribution in [2.24, 2.45) is 5.92 Å².